The lowest BCUT2D eigenvalue weighted by Gasteiger charge is -2.25. The molecule has 3 aromatic carbocycles. The van der Waals surface area contributed by atoms with Gasteiger partial charge in [-0.25, -0.2) is 0 Å². The number of alkyl halides is 3. The van der Waals surface area contributed by atoms with Crippen LogP contribution in [-0.2, 0) is 11.0 Å². The molecular formula is C27H28F3NO2. The molecule has 0 fully saturated rings. The Morgan fingerprint density at radius 2 is 1.52 bits per heavy atom. The number of hydrogen-bond donors (Lipinski definition) is 0. The molecule has 0 N–H and O–H groups in total. The van der Waals surface area contributed by atoms with Crippen LogP contribution in [0.1, 0.15) is 47.6 Å². The summed E-state index contributed by atoms with van der Waals surface area (Å²) in [4.78, 5) is 14.6. The van der Waals surface area contributed by atoms with E-state index in [1.54, 1.807) is 11.9 Å². The monoisotopic (exact) mass is 455 g/mol. The van der Waals surface area contributed by atoms with Gasteiger partial charge < -0.3 is 9.64 Å². The zero-order chi connectivity index (χ0) is 24.0. The molecule has 3 rings (SSSR count). The molecule has 0 radical (unpaired) electrons. The predicted octanol–water partition coefficient (Wildman–Crippen LogP) is 6.79. The lowest BCUT2D eigenvalue weighted by Crippen LogP contribution is -2.32. The molecule has 0 saturated heterocycles. The van der Waals surface area contributed by atoms with Gasteiger partial charge in [0.1, 0.15) is 11.9 Å². The van der Waals surface area contributed by atoms with Crippen LogP contribution in [0.25, 0.3) is 0 Å². The largest absolute Gasteiger partial charge is 0.486 e. The molecule has 0 aliphatic carbocycles. The average molecular weight is 456 g/mol. The van der Waals surface area contributed by atoms with Gasteiger partial charge in [0.25, 0.3) is 0 Å². The van der Waals surface area contributed by atoms with Crippen LogP contribution in [-0.4, -0.2) is 24.4 Å². The summed E-state index contributed by atoms with van der Waals surface area (Å²) >= 11 is 0. The van der Waals surface area contributed by atoms with E-state index in [1.807, 2.05) is 68.4 Å². The molecule has 0 aliphatic heterocycles. The van der Waals surface area contributed by atoms with Crippen LogP contribution in [0.5, 0.6) is 5.75 Å². The maximum absolute atomic E-state index is 12.9. The molecular weight excluding hydrogens is 427 g/mol. The van der Waals surface area contributed by atoms with E-state index in [2.05, 4.69) is 0 Å². The van der Waals surface area contributed by atoms with E-state index in [9.17, 15) is 18.0 Å². The van der Waals surface area contributed by atoms with Crippen LogP contribution < -0.4 is 4.74 Å². The van der Waals surface area contributed by atoms with Crippen molar-refractivity contribution in [1.82, 2.24) is 4.90 Å². The van der Waals surface area contributed by atoms with E-state index in [1.165, 1.54) is 12.1 Å². The first-order valence-electron chi connectivity index (χ1n) is 10.9. The van der Waals surface area contributed by atoms with Crippen molar-refractivity contribution >= 4 is 5.91 Å². The third kappa shape index (κ3) is 6.60. The molecule has 1 amide bonds. The summed E-state index contributed by atoms with van der Waals surface area (Å²) in [7, 11) is 1.76. The summed E-state index contributed by atoms with van der Waals surface area (Å²) in [6.07, 6.45) is -4.31. The number of ether oxygens (including phenoxy) is 1. The Morgan fingerprint density at radius 3 is 2.09 bits per heavy atom. The highest BCUT2D eigenvalue weighted by Gasteiger charge is 2.30. The maximum atomic E-state index is 12.9. The second-order valence-electron chi connectivity index (χ2n) is 8.22. The standard InChI is InChI=1S/C27H28F3NO2/c1-19-9-11-21(12-10-19)20(2)26(32)31(3)18-17-25(22-7-5-4-6-8-22)33-24-15-13-23(14-16-24)27(28,29)30/h4-16,20,25H,17-18H2,1-3H3/t20?,25-/m0/s1. The van der Waals surface area contributed by atoms with Gasteiger partial charge in [0.15, 0.2) is 0 Å². The van der Waals surface area contributed by atoms with Crippen molar-refractivity contribution in [3.63, 3.8) is 0 Å². The van der Waals surface area contributed by atoms with Gasteiger partial charge in [-0.3, -0.25) is 4.79 Å². The van der Waals surface area contributed by atoms with Gasteiger partial charge in [-0.2, -0.15) is 13.2 Å². The number of aryl methyl sites for hydroxylation is 1. The fourth-order valence-electron chi connectivity index (χ4n) is 3.60. The molecule has 3 aromatic rings. The first-order chi connectivity index (χ1) is 15.6. The quantitative estimate of drug-likeness (QED) is 0.374. The zero-order valence-electron chi connectivity index (χ0n) is 19.0. The van der Waals surface area contributed by atoms with Gasteiger partial charge in [-0.05, 0) is 49.2 Å². The molecule has 0 heterocycles. The minimum Gasteiger partial charge on any atom is -0.486 e. The van der Waals surface area contributed by atoms with Gasteiger partial charge in [0.05, 0.1) is 11.5 Å². The van der Waals surface area contributed by atoms with Crippen molar-refractivity contribution < 1.29 is 22.7 Å². The Morgan fingerprint density at radius 1 is 0.909 bits per heavy atom. The maximum Gasteiger partial charge on any atom is 0.416 e. The number of likely N-dealkylation sites (N-methyl/N-ethyl adjacent to an activating group) is 1. The Labute approximate surface area is 192 Å². The second-order valence-corrected chi connectivity index (χ2v) is 8.22. The van der Waals surface area contributed by atoms with Crippen molar-refractivity contribution in [3.8, 4) is 5.75 Å². The zero-order valence-corrected chi connectivity index (χ0v) is 19.0. The van der Waals surface area contributed by atoms with Gasteiger partial charge in [0.2, 0.25) is 5.91 Å². The number of nitrogens with zero attached hydrogens (tertiary/aromatic N) is 1. The third-order valence-electron chi connectivity index (χ3n) is 5.68. The van der Waals surface area contributed by atoms with Gasteiger partial charge in [-0.1, -0.05) is 60.2 Å². The number of rotatable bonds is 8. The summed E-state index contributed by atoms with van der Waals surface area (Å²) in [5.41, 5.74) is 2.27. The van der Waals surface area contributed by atoms with Crippen LogP contribution in [0.2, 0.25) is 0 Å². The molecule has 0 aliphatic rings. The highest BCUT2D eigenvalue weighted by molar-refractivity contribution is 5.83. The van der Waals surface area contributed by atoms with Gasteiger partial charge >= 0.3 is 6.18 Å². The molecule has 0 bridgehead atoms. The van der Waals surface area contributed by atoms with Gasteiger partial charge in [-0.15, -0.1) is 0 Å². The Balaban J connectivity index is 1.69. The van der Waals surface area contributed by atoms with E-state index in [-0.39, 0.29) is 11.8 Å². The molecule has 33 heavy (non-hydrogen) atoms. The van der Waals surface area contributed by atoms with E-state index in [0.29, 0.717) is 18.7 Å². The summed E-state index contributed by atoms with van der Waals surface area (Å²) < 4.78 is 44.6. The Bertz CT molecular complexity index is 1030. The van der Waals surface area contributed by atoms with Crippen molar-refractivity contribution in [1.29, 1.82) is 0 Å². The summed E-state index contributed by atoms with van der Waals surface area (Å²) in [5, 5.41) is 0. The number of halogens is 3. The number of carbonyl (C=O) groups excluding carboxylic acids is 1. The lowest BCUT2D eigenvalue weighted by atomic mass is 9.98. The highest BCUT2D eigenvalue weighted by Crippen LogP contribution is 2.32. The molecule has 174 valence electrons. The minimum atomic E-state index is -4.39. The summed E-state index contributed by atoms with van der Waals surface area (Å²) in [6, 6.07) is 22.0. The van der Waals surface area contributed by atoms with Crippen molar-refractivity contribution in [2.45, 2.75) is 38.5 Å². The molecule has 0 aromatic heterocycles. The molecule has 6 heteroatoms. The summed E-state index contributed by atoms with van der Waals surface area (Å²) in [6.45, 7) is 4.33. The number of carbonyl (C=O) groups is 1. The minimum absolute atomic E-state index is 0.000180. The molecule has 1 unspecified atom stereocenters. The van der Waals surface area contributed by atoms with Crippen LogP contribution >= 0.6 is 0 Å². The van der Waals surface area contributed by atoms with Crippen molar-refractivity contribution in [2.75, 3.05) is 13.6 Å². The number of hydrogen-bond acceptors (Lipinski definition) is 2. The fraction of sp³-hybridized carbons (Fsp3) is 0.296. The van der Waals surface area contributed by atoms with Crippen molar-refractivity contribution in [2.24, 2.45) is 0 Å². The SMILES string of the molecule is Cc1ccc(C(C)C(=O)N(C)CC[C@H](Oc2ccc(C(F)(F)F)cc2)c2ccccc2)cc1. The van der Waals surface area contributed by atoms with Crippen LogP contribution in [0.4, 0.5) is 13.2 Å². The van der Waals surface area contributed by atoms with E-state index in [0.717, 1.165) is 28.8 Å². The number of benzene rings is 3. The topological polar surface area (TPSA) is 29.5 Å². The first kappa shape index (κ1) is 24.4. The van der Waals surface area contributed by atoms with E-state index < -0.39 is 17.8 Å². The Kier molecular flexibility index (Phi) is 7.79. The number of amides is 1. The van der Waals surface area contributed by atoms with Crippen LogP contribution in [0, 0.1) is 6.92 Å². The van der Waals surface area contributed by atoms with Crippen molar-refractivity contribution in [3.05, 3.63) is 101 Å². The highest BCUT2D eigenvalue weighted by atomic mass is 19.4. The smallest absolute Gasteiger partial charge is 0.416 e. The molecule has 0 spiro atoms. The molecule has 3 nitrogen and oxygen atoms in total. The first-order valence-corrected chi connectivity index (χ1v) is 10.9. The van der Waals surface area contributed by atoms with E-state index >= 15 is 0 Å². The normalized spacial score (nSPS) is 13.3. The summed E-state index contributed by atoms with van der Waals surface area (Å²) in [5.74, 6) is 0.0701. The van der Waals surface area contributed by atoms with Gasteiger partial charge in [0, 0.05) is 20.0 Å². The van der Waals surface area contributed by atoms with E-state index in [4.69, 9.17) is 4.74 Å². The molecule has 2 atom stereocenters. The predicted molar refractivity (Wildman–Crippen MR) is 123 cm³/mol. The lowest BCUT2D eigenvalue weighted by molar-refractivity contribution is -0.137. The second kappa shape index (κ2) is 10.6. The van der Waals surface area contributed by atoms with Crippen LogP contribution in [0.3, 0.4) is 0 Å². The fourth-order valence-corrected chi connectivity index (χ4v) is 3.60. The Hall–Kier alpha value is -3.28. The third-order valence-corrected chi connectivity index (χ3v) is 5.68. The van der Waals surface area contributed by atoms with Crippen LogP contribution in [0.15, 0.2) is 78.9 Å². The molecule has 0 saturated carbocycles. The average Bonchev–Trinajstić information content (AvgIpc) is 2.81.